The Hall–Kier alpha value is -1.81. The van der Waals surface area contributed by atoms with Crippen molar-refractivity contribution in [2.24, 2.45) is 0 Å². The lowest BCUT2D eigenvalue weighted by Crippen LogP contribution is -2.05. The molecular weight excluding hydrogens is 216 g/mol. The van der Waals surface area contributed by atoms with Gasteiger partial charge in [0.15, 0.2) is 0 Å². The average molecular weight is 232 g/mol. The van der Waals surface area contributed by atoms with E-state index in [4.69, 9.17) is 15.2 Å². The molecule has 0 atom stereocenters. The summed E-state index contributed by atoms with van der Waals surface area (Å²) in [4.78, 5) is 4.07. The first-order chi connectivity index (χ1) is 8.22. The number of nitrogen functional groups attached to an aromatic ring is 1. The van der Waals surface area contributed by atoms with Gasteiger partial charge in [-0.05, 0) is 36.1 Å². The van der Waals surface area contributed by atoms with Gasteiger partial charge in [-0.15, -0.1) is 0 Å². The van der Waals surface area contributed by atoms with Crippen LogP contribution in [0.15, 0.2) is 24.4 Å². The summed E-state index contributed by atoms with van der Waals surface area (Å²) < 4.78 is 10.6. The summed E-state index contributed by atoms with van der Waals surface area (Å²) in [5.74, 6) is 1.35. The second-order valence-corrected chi connectivity index (χ2v) is 3.88. The predicted octanol–water partition coefficient (Wildman–Crippen LogP) is 2.15. The molecule has 4 heteroatoms. The number of hydrogen-bond acceptors (Lipinski definition) is 4. The van der Waals surface area contributed by atoms with Gasteiger partial charge in [-0.3, -0.25) is 0 Å². The van der Waals surface area contributed by atoms with Crippen LogP contribution in [0.3, 0.4) is 0 Å². The summed E-state index contributed by atoms with van der Waals surface area (Å²) in [7, 11) is 1.65. The van der Waals surface area contributed by atoms with Gasteiger partial charge in [0, 0.05) is 18.7 Å². The minimum Gasteiger partial charge on any atom is -0.491 e. The molecule has 2 N–H and O–H groups in total. The van der Waals surface area contributed by atoms with Gasteiger partial charge in [-0.1, -0.05) is 0 Å². The van der Waals surface area contributed by atoms with Crippen LogP contribution < -0.4 is 10.5 Å². The summed E-state index contributed by atoms with van der Waals surface area (Å²) in [6, 6.07) is 5.93. The molecule has 2 rings (SSSR count). The number of pyridine rings is 1. The largest absolute Gasteiger partial charge is 0.491 e. The quantitative estimate of drug-likeness (QED) is 0.821. The van der Waals surface area contributed by atoms with E-state index in [1.165, 1.54) is 0 Å². The lowest BCUT2D eigenvalue weighted by Gasteiger charge is -2.10. The molecule has 0 saturated heterocycles. The van der Waals surface area contributed by atoms with Gasteiger partial charge < -0.3 is 15.2 Å². The highest BCUT2D eigenvalue weighted by Crippen LogP contribution is 2.27. The van der Waals surface area contributed by atoms with Crippen LogP contribution in [0.5, 0.6) is 5.75 Å². The van der Waals surface area contributed by atoms with E-state index >= 15 is 0 Å². The fourth-order valence-corrected chi connectivity index (χ4v) is 1.73. The molecule has 2 aromatic rings. The van der Waals surface area contributed by atoms with Crippen molar-refractivity contribution in [1.29, 1.82) is 0 Å². The summed E-state index contributed by atoms with van der Waals surface area (Å²) in [5, 5.41) is 2.00. The zero-order valence-electron chi connectivity index (χ0n) is 10.1. The van der Waals surface area contributed by atoms with E-state index in [1.54, 1.807) is 13.3 Å². The molecule has 1 heterocycles. The highest BCUT2D eigenvalue weighted by atomic mass is 16.5. The number of anilines is 1. The minimum atomic E-state index is 0.527. The molecule has 1 aromatic heterocycles. The monoisotopic (exact) mass is 232 g/mol. The predicted molar refractivity (Wildman–Crippen MR) is 68.3 cm³/mol. The first-order valence-electron chi connectivity index (χ1n) is 5.49. The molecule has 0 saturated carbocycles. The number of hydrogen-bond donors (Lipinski definition) is 1. The van der Waals surface area contributed by atoms with Gasteiger partial charge in [0.2, 0.25) is 0 Å². The summed E-state index contributed by atoms with van der Waals surface area (Å²) >= 11 is 0. The van der Waals surface area contributed by atoms with Crippen LogP contribution >= 0.6 is 0 Å². The van der Waals surface area contributed by atoms with Crippen molar-refractivity contribution in [2.75, 3.05) is 26.1 Å². The number of ether oxygens (including phenoxy) is 2. The fourth-order valence-electron chi connectivity index (χ4n) is 1.73. The SMILES string of the molecule is COCCOc1cc2c(N)nccc2cc1C. The molecule has 0 bridgehead atoms. The van der Waals surface area contributed by atoms with Gasteiger partial charge in [0.05, 0.1) is 6.61 Å². The van der Waals surface area contributed by atoms with Crippen molar-refractivity contribution in [1.82, 2.24) is 4.98 Å². The third-order valence-corrected chi connectivity index (χ3v) is 2.64. The average Bonchev–Trinajstić information content (AvgIpc) is 2.31. The Kier molecular flexibility index (Phi) is 3.44. The molecule has 0 amide bonds. The van der Waals surface area contributed by atoms with Crippen molar-refractivity contribution < 1.29 is 9.47 Å². The Morgan fingerprint density at radius 2 is 2.12 bits per heavy atom. The fraction of sp³-hybridized carbons (Fsp3) is 0.308. The number of rotatable bonds is 4. The maximum absolute atomic E-state index is 5.84. The molecule has 4 nitrogen and oxygen atoms in total. The van der Waals surface area contributed by atoms with E-state index in [0.29, 0.717) is 19.0 Å². The van der Waals surface area contributed by atoms with Crippen LogP contribution in [0.4, 0.5) is 5.82 Å². The minimum absolute atomic E-state index is 0.527. The third kappa shape index (κ3) is 2.47. The van der Waals surface area contributed by atoms with Crippen LogP contribution in [0.1, 0.15) is 5.56 Å². The highest BCUT2D eigenvalue weighted by Gasteiger charge is 2.05. The van der Waals surface area contributed by atoms with Gasteiger partial charge >= 0.3 is 0 Å². The van der Waals surface area contributed by atoms with E-state index in [0.717, 1.165) is 22.1 Å². The Bertz CT molecular complexity index is 526. The molecule has 0 spiro atoms. The maximum Gasteiger partial charge on any atom is 0.131 e. The second-order valence-electron chi connectivity index (χ2n) is 3.88. The zero-order chi connectivity index (χ0) is 12.3. The van der Waals surface area contributed by atoms with Crippen LogP contribution in [0.2, 0.25) is 0 Å². The standard InChI is InChI=1S/C13H16N2O2/c1-9-7-10-3-4-15-13(14)11(10)8-12(9)17-6-5-16-2/h3-4,7-8H,5-6H2,1-2H3,(H2,14,15). The first-order valence-corrected chi connectivity index (χ1v) is 5.49. The van der Waals surface area contributed by atoms with Crippen molar-refractivity contribution in [3.05, 3.63) is 30.0 Å². The number of benzene rings is 1. The number of aryl methyl sites for hydroxylation is 1. The van der Waals surface area contributed by atoms with Gasteiger partial charge in [0.25, 0.3) is 0 Å². The van der Waals surface area contributed by atoms with E-state index < -0.39 is 0 Å². The van der Waals surface area contributed by atoms with Crippen molar-refractivity contribution >= 4 is 16.6 Å². The number of nitrogens with zero attached hydrogens (tertiary/aromatic N) is 1. The van der Waals surface area contributed by atoms with Crippen LogP contribution in [-0.2, 0) is 4.74 Å². The van der Waals surface area contributed by atoms with Gasteiger partial charge in [-0.25, -0.2) is 4.98 Å². The molecule has 0 unspecified atom stereocenters. The summed E-state index contributed by atoms with van der Waals surface area (Å²) in [6.07, 6.45) is 1.71. The van der Waals surface area contributed by atoms with Gasteiger partial charge in [-0.2, -0.15) is 0 Å². The number of nitrogens with two attached hydrogens (primary N) is 1. The number of aromatic nitrogens is 1. The van der Waals surface area contributed by atoms with E-state index in [2.05, 4.69) is 11.1 Å². The maximum atomic E-state index is 5.84. The summed E-state index contributed by atoms with van der Waals surface area (Å²) in [5.41, 5.74) is 6.92. The van der Waals surface area contributed by atoms with E-state index in [9.17, 15) is 0 Å². The van der Waals surface area contributed by atoms with Crippen LogP contribution in [0, 0.1) is 6.92 Å². The van der Waals surface area contributed by atoms with Crippen molar-refractivity contribution in [3.8, 4) is 5.75 Å². The third-order valence-electron chi connectivity index (χ3n) is 2.64. The van der Waals surface area contributed by atoms with Crippen LogP contribution in [-0.4, -0.2) is 25.3 Å². The summed E-state index contributed by atoms with van der Waals surface area (Å²) in [6.45, 7) is 3.11. The molecule has 1 aromatic carbocycles. The molecule has 0 radical (unpaired) electrons. The zero-order valence-corrected chi connectivity index (χ0v) is 10.1. The van der Waals surface area contributed by atoms with Crippen LogP contribution in [0.25, 0.3) is 10.8 Å². The molecule has 0 fully saturated rings. The molecular formula is C13H16N2O2. The molecule has 90 valence electrons. The van der Waals surface area contributed by atoms with Crippen molar-refractivity contribution in [3.63, 3.8) is 0 Å². The Labute approximate surface area is 100 Å². The normalized spacial score (nSPS) is 10.7. The molecule has 0 aliphatic rings. The molecule has 0 aliphatic heterocycles. The topological polar surface area (TPSA) is 57.4 Å². The smallest absolute Gasteiger partial charge is 0.131 e. The molecule has 0 aliphatic carbocycles. The first kappa shape index (κ1) is 11.7. The number of fused-ring (bicyclic) bond motifs is 1. The lowest BCUT2D eigenvalue weighted by molar-refractivity contribution is 0.146. The van der Waals surface area contributed by atoms with Crippen molar-refractivity contribution in [2.45, 2.75) is 6.92 Å². The Balaban J connectivity index is 2.36. The van der Waals surface area contributed by atoms with Gasteiger partial charge in [0.1, 0.15) is 18.2 Å². The Morgan fingerprint density at radius 3 is 2.88 bits per heavy atom. The van der Waals surface area contributed by atoms with E-state index in [1.807, 2.05) is 19.1 Å². The highest BCUT2D eigenvalue weighted by molar-refractivity contribution is 5.92. The molecule has 17 heavy (non-hydrogen) atoms. The second kappa shape index (κ2) is 5.01. The number of methoxy groups -OCH3 is 1. The Morgan fingerprint density at radius 1 is 1.29 bits per heavy atom. The van der Waals surface area contributed by atoms with E-state index in [-0.39, 0.29) is 0 Å². The lowest BCUT2D eigenvalue weighted by atomic mass is 10.1.